The fourth-order valence-corrected chi connectivity index (χ4v) is 2.18. The predicted octanol–water partition coefficient (Wildman–Crippen LogP) is 2.63. The minimum atomic E-state index is -2.81. The molecule has 0 unspecified atom stereocenters. The normalized spacial score (nSPS) is 12.8. The van der Waals surface area contributed by atoms with Gasteiger partial charge in [-0.25, -0.2) is 13.6 Å². The van der Waals surface area contributed by atoms with Crippen molar-refractivity contribution in [2.75, 3.05) is 13.1 Å². The number of rotatable bonds is 10. The molecule has 0 aliphatic carbocycles. The number of nitrogens with one attached hydrogen (secondary N) is 4. The zero-order valence-electron chi connectivity index (χ0n) is 16.9. The Labute approximate surface area is 172 Å². The number of aliphatic hydroxyl groups excluding tert-OH is 1. The molecule has 7 nitrogen and oxygen atoms in total. The highest BCUT2D eigenvalue weighted by atomic mass is 19.3. The van der Waals surface area contributed by atoms with E-state index in [0.29, 0.717) is 0 Å². The van der Waals surface area contributed by atoms with Crippen molar-refractivity contribution in [1.29, 1.82) is 5.41 Å². The highest BCUT2D eigenvalue weighted by Crippen LogP contribution is 2.16. The van der Waals surface area contributed by atoms with Gasteiger partial charge >= 0.3 is 12.6 Å². The lowest BCUT2D eigenvalue weighted by Gasteiger charge is -2.20. The highest BCUT2D eigenvalue weighted by Gasteiger charge is 2.17. The summed E-state index contributed by atoms with van der Waals surface area (Å²) in [6.45, 7) is 1.82. The third-order valence-electron chi connectivity index (χ3n) is 3.49. The van der Waals surface area contributed by atoms with Gasteiger partial charge in [-0.2, -0.15) is 8.78 Å². The first kappa shape index (κ1) is 25.4. The SMILES string of the molecule is CC(C)(C)OC(=O)NC[C@@H](O)CNCc1c(F)cc(C(=N)/C=C\NC(F)F)cc1F. The minimum absolute atomic E-state index is 0.0612. The summed E-state index contributed by atoms with van der Waals surface area (Å²) in [4.78, 5) is 11.5. The number of carbonyl (C=O) groups is 1. The highest BCUT2D eigenvalue weighted by molar-refractivity contribution is 6.06. The maximum Gasteiger partial charge on any atom is 0.407 e. The van der Waals surface area contributed by atoms with Gasteiger partial charge in [0.1, 0.15) is 17.2 Å². The Hall–Kier alpha value is -2.66. The quantitative estimate of drug-likeness (QED) is 0.221. The van der Waals surface area contributed by atoms with Crippen LogP contribution in [-0.2, 0) is 11.3 Å². The van der Waals surface area contributed by atoms with Gasteiger partial charge in [-0.3, -0.25) is 0 Å². The Morgan fingerprint density at radius 2 is 1.83 bits per heavy atom. The first-order valence-electron chi connectivity index (χ1n) is 9.02. The van der Waals surface area contributed by atoms with Crippen molar-refractivity contribution in [3.05, 3.63) is 47.2 Å². The lowest BCUT2D eigenvalue weighted by molar-refractivity contribution is 0.0492. The first-order chi connectivity index (χ1) is 13.9. The number of alkyl halides is 2. The lowest BCUT2D eigenvalue weighted by Crippen LogP contribution is -2.40. The molecule has 0 heterocycles. The maximum atomic E-state index is 14.2. The Balaban J connectivity index is 2.55. The Morgan fingerprint density at radius 3 is 2.37 bits per heavy atom. The molecule has 0 radical (unpaired) electrons. The number of halogens is 4. The summed E-state index contributed by atoms with van der Waals surface area (Å²) in [6, 6.07) is 1.82. The van der Waals surface area contributed by atoms with Crippen molar-refractivity contribution in [2.45, 2.75) is 45.6 Å². The molecule has 0 aromatic heterocycles. The molecule has 11 heteroatoms. The van der Waals surface area contributed by atoms with Crippen LogP contribution >= 0.6 is 0 Å². The smallest absolute Gasteiger partial charge is 0.407 e. The van der Waals surface area contributed by atoms with Crippen LogP contribution in [-0.4, -0.2) is 48.3 Å². The molecule has 0 bridgehead atoms. The lowest BCUT2D eigenvalue weighted by atomic mass is 10.1. The van der Waals surface area contributed by atoms with Crippen LogP contribution in [0.3, 0.4) is 0 Å². The zero-order chi connectivity index (χ0) is 22.9. The van der Waals surface area contributed by atoms with Crippen LogP contribution in [0.1, 0.15) is 31.9 Å². The molecular weight excluding hydrogens is 408 g/mol. The van der Waals surface area contributed by atoms with Gasteiger partial charge in [0.2, 0.25) is 0 Å². The molecule has 0 aliphatic heterocycles. The van der Waals surface area contributed by atoms with E-state index >= 15 is 0 Å². The standard InChI is InChI=1S/C19H26F4N4O3/c1-19(2,3)30-18(29)27-9-12(28)8-25-10-13-14(20)6-11(7-15(13)21)16(24)4-5-26-17(22)23/h4-7,12,17,24-26,28H,8-10H2,1-3H3,(H,27,29)/b5-4-,24-16?/t12-/m0/s1. The number of amides is 1. The summed E-state index contributed by atoms with van der Waals surface area (Å²) in [6.07, 6.45) is 0.0372. The summed E-state index contributed by atoms with van der Waals surface area (Å²) in [5.74, 6) is -1.86. The van der Waals surface area contributed by atoms with E-state index in [0.717, 1.165) is 24.4 Å². The van der Waals surface area contributed by atoms with Crippen LogP contribution in [0.2, 0.25) is 0 Å². The number of hydrogen-bond acceptors (Lipinski definition) is 6. The number of benzene rings is 1. The summed E-state index contributed by atoms with van der Waals surface area (Å²) >= 11 is 0. The second kappa shape index (κ2) is 11.5. The largest absolute Gasteiger partial charge is 0.444 e. The van der Waals surface area contributed by atoms with Crippen molar-refractivity contribution in [3.63, 3.8) is 0 Å². The topological polar surface area (TPSA) is 106 Å². The fraction of sp³-hybridized carbons (Fsp3) is 0.474. The second-order valence-corrected chi connectivity index (χ2v) is 7.30. The van der Waals surface area contributed by atoms with E-state index < -0.39 is 36.0 Å². The molecular formula is C19H26F4N4O3. The van der Waals surface area contributed by atoms with Crippen LogP contribution in [0.5, 0.6) is 0 Å². The molecule has 0 fully saturated rings. The average molecular weight is 434 g/mol. The number of allylic oxidation sites excluding steroid dienone is 1. The van der Waals surface area contributed by atoms with Crippen LogP contribution in [0.4, 0.5) is 22.4 Å². The van der Waals surface area contributed by atoms with Crippen LogP contribution < -0.4 is 16.0 Å². The van der Waals surface area contributed by atoms with E-state index in [-0.39, 0.29) is 36.5 Å². The van der Waals surface area contributed by atoms with Gasteiger partial charge in [-0.05, 0) is 39.0 Å². The van der Waals surface area contributed by atoms with Crippen molar-refractivity contribution in [2.24, 2.45) is 0 Å². The molecule has 5 N–H and O–H groups in total. The molecule has 30 heavy (non-hydrogen) atoms. The molecule has 1 rings (SSSR count). The summed E-state index contributed by atoms with van der Waals surface area (Å²) in [7, 11) is 0. The fourth-order valence-electron chi connectivity index (χ4n) is 2.18. The van der Waals surface area contributed by atoms with E-state index in [1.165, 1.54) is 0 Å². The predicted molar refractivity (Wildman–Crippen MR) is 103 cm³/mol. The van der Waals surface area contributed by atoms with Crippen molar-refractivity contribution in [1.82, 2.24) is 16.0 Å². The molecule has 1 aromatic carbocycles. The number of hydrogen-bond donors (Lipinski definition) is 5. The number of aliphatic hydroxyl groups is 1. The number of alkyl carbamates (subject to hydrolysis) is 1. The van der Waals surface area contributed by atoms with Crippen molar-refractivity contribution in [3.8, 4) is 0 Å². The van der Waals surface area contributed by atoms with Crippen LogP contribution in [0.15, 0.2) is 24.4 Å². The maximum absolute atomic E-state index is 14.2. The summed E-state index contributed by atoms with van der Waals surface area (Å²) in [5, 5.41) is 24.2. The van der Waals surface area contributed by atoms with E-state index in [2.05, 4.69) is 10.6 Å². The molecule has 1 aromatic rings. The van der Waals surface area contributed by atoms with Gasteiger partial charge in [0.15, 0.2) is 0 Å². The minimum Gasteiger partial charge on any atom is -0.444 e. The zero-order valence-corrected chi connectivity index (χ0v) is 16.9. The van der Waals surface area contributed by atoms with E-state index in [1.54, 1.807) is 26.1 Å². The average Bonchev–Trinajstić information content (AvgIpc) is 2.60. The monoisotopic (exact) mass is 434 g/mol. The molecule has 168 valence electrons. The Kier molecular flexibility index (Phi) is 9.73. The van der Waals surface area contributed by atoms with Gasteiger partial charge in [0.05, 0.1) is 11.8 Å². The van der Waals surface area contributed by atoms with Gasteiger partial charge in [-0.1, -0.05) is 0 Å². The molecule has 0 spiro atoms. The Morgan fingerprint density at radius 1 is 1.23 bits per heavy atom. The summed E-state index contributed by atoms with van der Waals surface area (Å²) in [5.41, 5.74) is -1.47. The molecule has 1 amide bonds. The molecule has 0 saturated heterocycles. The molecule has 1 atom stereocenters. The van der Waals surface area contributed by atoms with Crippen LogP contribution in [0.25, 0.3) is 0 Å². The van der Waals surface area contributed by atoms with Crippen LogP contribution in [0, 0.1) is 17.0 Å². The number of carbonyl (C=O) groups excluding carboxylic acids is 1. The van der Waals surface area contributed by atoms with E-state index in [4.69, 9.17) is 10.1 Å². The van der Waals surface area contributed by atoms with Gasteiger partial charge in [-0.15, -0.1) is 0 Å². The molecule has 0 saturated carbocycles. The van der Waals surface area contributed by atoms with Crippen molar-refractivity contribution >= 4 is 11.8 Å². The van der Waals surface area contributed by atoms with Gasteiger partial charge < -0.3 is 31.2 Å². The third kappa shape index (κ3) is 9.70. The Bertz CT molecular complexity index is 744. The van der Waals surface area contributed by atoms with Crippen molar-refractivity contribution < 1.29 is 32.2 Å². The van der Waals surface area contributed by atoms with Gasteiger partial charge in [0, 0.05) is 37.0 Å². The first-order valence-corrected chi connectivity index (χ1v) is 9.02. The van der Waals surface area contributed by atoms with E-state index in [1.807, 2.05) is 0 Å². The van der Waals surface area contributed by atoms with E-state index in [9.17, 15) is 27.5 Å². The second-order valence-electron chi connectivity index (χ2n) is 7.30. The van der Waals surface area contributed by atoms with Gasteiger partial charge in [0.25, 0.3) is 0 Å². The molecule has 0 aliphatic rings. The number of ether oxygens (including phenoxy) is 1. The summed E-state index contributed by atoms with van der Waals surface area (Å²) < 4.78 is 57.4. The third-order valence-corrected chi connectivity index (χ3v) is 3.49.